The van der Waals surface area contributed by atoms with Crippen molar-refractivity contribution in [3.8, 4) is 0 Å². The maximum atomic E-state index is 12.8. The molecule has 0 heterocycles. The highest BCUT2D eigenvalue weighted by molar-refractivity contribution is 6.30. The first-order chi connectivity index (χ1) is 12.0. The molecule has 0 aromatic heterocycles. The summed E-state index contributed by atoms with van der Waals surface area (Å²) in [6.07, 6.45) is 0.168. The van der Waals surface area contributed by atoms with Gasteiger partial charge in [-0.15, -0.1) is 0 Å². The van der Waals surface area contributed by atoms with Crippen LogP contribution in [0.5, 0.6) is 0 Å². The molecule has 25 heavy (non-hydrogen) atoms. The molecule has 1 unspecified atom stereocenters. The van der Waals surface area contributed by atoms with Crippen LogP contribution in [0, 0.1) is 0 Å². The fourth-order valence-corrected chi connectivity index (χ4v) is 2.80. The molecule has 0 aliphatic heterocycles. The third kappa shape index (κ3) is 5.85. The smallest absolute Gasteiger partial charge is 0.254 e. The molecule has 2 aromatic rings. The summed E-state index contributed by atoms with van der Waals surface area (Å²) in [6, 6.07) is 17.0. The summed E-state index contributed by atoms with van der Waals surface area (Å²) in [5.74, 6) is -0.146. The first kappa shape index (κ1) is 19.4. The second-order valence-electron chi connectivity index (χ2n) is 6.23. The third-order valence-electron chi connectivity index (χ3n) is 4.03. The zero-order chi connectivity index (χ0) is 18.2. The van der Waals surface area contributed by atoms with Crippen molar-refractivity contribution in [2.45, 2.75) is 18.6 Å². The Kier molecular flexibility index (Phi) is 7.44. The average Bonchev–Trinajstić information content (AvgIpc) is 2.61. The number of halogens is 1. The fraction of sp³-hybridized carbons (Fsp3) is 0.350. The van der Waals surface area contributed by atoms with Gasteiger partial charge < -0.3 is 15.0 Å². The summed E-state index contributed by atoms with van der Waals surface area (Å²) in [5, 5.41) is 3.80. The topological polar surface area (TPSA) is 41.6 Å². The normalized spacial score (nSPS) is 13.5. The Morgan fingerprint density at radius 1 is 1.08 bits per heavy atom. The van der Waals surface area contributed by atoms with Gasteiger partial charge in [-0.1, -0.05) is 54.1 Å². The highest BCUT2D eigenvalue weighted by Crippen LogP contribution is 2.23. The van der Waals surface area contributed by atoms with Crippen molar-refractivity contribution in [1.82, 2.24) is 10.2 Å². The van der Waals surface area contributed by atoms with Gasteiger partial charge in [-0.05, 0) is 50.3 Å². The minimum atomic E-state index is -0.629. The zero-order valence-corrected chi connectivity index (χ0v) is 15.7. The highest BCUT2D eigenvalue weighted by Gasteiger charge is 2.23. The maximum absolute atomic E-state index is 12.8. The predicted octanol–water partition coefficient (Wildman–Crippen LogP) is 3.84. The lowest BCUT2D eigenvalue weighted by Crippen LogP contribution is -2.35. The Hall–Kier alpha value is -1.88. The first-order valence-electron chi connectivity index (χ1n) is 8.29. The number of carbonyl (C=O) groups is 1. The van der Waals surface area contributed by atoms with Crippen LogP contribution in [0.1, 0.15) is 29.7 Å². The molecular formula is C20H25ClN2O2. The van der Waals surface area contributed by atoms with Gasteiger partial charge in [-0.2, -0.15) is 0 Å². The number of nitrogens with one attached hydrogen (secondary N) is 1. The van der Waals surface area contributed by atoms with E-state index < -0.39 is 6.10 Å². The van der Waals surface area contributed by atoms with Crippen LogP contribution in [-0.4, -0.2) is 38.6 Å². The standard InChI is InChI=1S/C20H25ClN2O2/c1-23(2)14-13-18(15-9-11-17(21)12-10-15)22-20(24)19(25-3)16-7-5-4-6-8-16/h4-12,18-19H,13-14H2,1-3H3,(H,22,24)/t18-,19?/m1/s1. The Labute approximate surface area is 154 Å². The lowest BCUT2D eigenvalue weighted by Gasteiger charge is -2.24. The number of hydrogen-bond donors (Lipinski definition) is 1. The summed E-state index contributed by atoms with van der Waals surface area (Å²) < 4.78 is 5.44. The molecule has 1 amide bonds. The molecule has 0 saturated carbocycles. The molecule has 5 heteroatoms. The van der Waals surface area contributed by atoms with E-state index in [2.05, 4.69) is 10.2 Å². The number of rotatable bonds is 8. The molecule has 0 radical (unpaired) electrons. The number of ether oxygens (including phenoxy) is 1. The van der Waals surface area contributed by atoms with Gasteiger partial charge in [0.2, 0.25) is 0 Å². The number of benzene rings is 2. The zero-order valence-electron chi connectivity index (χ0n) is 14.9. The molecule has 2 rings (SSSR count). The first-order valence-corrected chi connectivity index (χ1v) is 8.67. The molecule has 0 fully saturated rings. The lowest BCUT2D eigenvalue weighted by molar-refractivity contribution is -0.132. The quantitative estimate of drug-likeness (QED) is 0.777. The number of hydrogen-bond acceptors (Lipinski definition) is 3. The van der Waals surface area contributed by atoms with Crippen molar-refractivity contribution in [3.05, 3.63) is 70.7 Å². The van der Waals surface area contributed by atoms with Crippen molar-refractivity contribution in [2.24, 2.45) is 0 Å². The Bertz CT molecular complexity index is 659. The van der Waals surface area contributed by atoms with E-state index in [9.17, 15) is 4.79 Å². The van der Waals surface area contributed by atoms with Crippen LogP contribution in [0.3, 0.4) is 0 Å². The largest absolute Gasteiger partial charge is 0.367 e. The van der Waals surface area contributed by atoms with E-state index in [0.29, 0.717) is 5.02 Å². The predicted molar refractivity (Wildman–Crippen MR) is 102 cm³/mol. The molecule has 0 aliphatic rings. The Morgan fingerprint density at radius 2 is 1.72 bits per heavy atom. The van der Waals surface area contributed by atoms with Crippen molar-refractivity contribution >= 4 is 17.5 Å². The number of methoxy groups -OCH3 is 1. The third-order valence-corrected chi connectivity index (χ3v) is 4.28. The van der Waals surface area contributed by atoms with Crippen LogP contribution in [0.15, 0.2) is 54.6 Å². The molecule has 134 valence electrons. The van der Waals surface area contributed by atoms with Gasteiger partial charge in [0, 0.05) is 12.1 Å². The highest BCUT2D eigenvalue weighted by atomic mass is 35.5. The molecule has 0 saturated heterocycles. The molecule has 4 nitrogen and oxygen atoms in total. The van der Waals surface area contributed by atoms with E-state index >= 15 is 0 Å². The average molecular weight is 361 g/mol. The summed E-state index contributed by atoms with van der Waals surface area (Å²) in [4.78, 5) is 14.9. The van der Waals surface area contributed by atoms with Crippen LogP contribution in [0.25, 0.3) is 0 Å². The molecule has 0 bridgehead atoms. The van der Waals surface area contributed by atoms with Crippen molar-refractivity contribution in [1.29, 1.82) is 0 Å². The van der Waals surface area contributed by atoms with Gasteiger partial charge in [0.25, 0.3) is 5.91 Å². The van der Waals surface area contributed by atoms with Gasteiger partial charge in [-0.25, -0.2) is 0 Å². The number of amides is 1. The molecular weight excluding hydrogens is 336 g/mol. The summed E-state index contributed by atoms with van der Waals surface area (Å²) in [5.41, 5.74) is 1.87. The number of carbonyl (C=O) groups excluding carboxylic acids is 1. The minimum absolute atomic E-state index is 0.103. The molecule has 2 aromatic carbocycles. The molecule has 0 spiro atoms. The van der Waals surface area contributed by atoms with E-state index in [0.717, 1.165) is 24.1 Å². The van der Waals surface area contributed by atoms with Gasteiger partial charge in [-0.3, -0.25) is 4.79 Å². The van der Waals surface area contributed by atoms with Gasteiger partial charge in [0.05, 0.1) is 6.04 Å². The Balaban J connectivity index is 2.16. The van der Waals surface area contributed by atoms with Crippen LogP contribution in [0.4, 0.5) is 0 Å². The maximum Gasteiger partial charge on any atom is 0.254 e. The lowest BCUT2D eigenvalue weighted by atomic mass is 10.0. The van der Waals surface area contributed by atoms with Gasteiger partial charge >= 0.3 is 0 Å². The van der Waals surface area contributed by atoms with E-state index in [-0.39, 0.29) is 11.9 Å². The van der Waals surface area contributed by atoms with Gasteiger partial charge in [0.15, 0.2) is 6.10 Å². The summed E-state index contributed by atoms with van der Waals surface area (Å²) >= 11 is 5.99. The summed E-state index contributed by atoms with van der Waals surface area (Å²) in [6.45, 7) is 0.858. The fourth-order valence-electron chi connectivity index (χ4n) is 2.67. The summed E-state index contributed by atoms with van der Waals surface area (Å²) in [7, 11) is 5.58. The molecule has 0 aliphatic carbocycles. The molecule has 1 N–H and O–H groups in total. The molecule has 2 atom stereocenters. The Morgan fingerprint density at radius 3 is 2.28 bits per heavy atom. The van der Waals surface area contributed by atoms with E-state index in [1.165, 1.54) is 0 Å². The van der Waals surface area contributed by atoms with Crippen LogP contribution >= 0.6 is 11.6 Å². The van der Waals surface area contributed by atoms with Crippen molar-refractivity contribution in [3.63, 3.8) is 0 Å². The second-order valence-corrected chi connectivity index (χ2v) is 6.67. The van der Waals surface area contributed by atoms with Crippen molar-refractivity contribution < 1.29 is 9.53 Å². The van der Waals surface area contributed by atoms with Gasteiger partial charge in [0.1, 0.15) is 0 Å². The van der Waals surface area contributed by atoms with Crippen LogP contribution in [-0.2, 0) is 9.53 Å². The van der Waals surface area contributed by atoms with Crippen LogP contribution < -0.4 is 5.32 Å². The van der Waals surface area contributed by atoms with E-state index in [1.807, 2.05) is 68.7 Å². The number of nitrogens with zero attached hydrogens (tertiary/aromatic N) is 1. The van der Waals surface area contributed by atoms with Crippen LogP contribution in [0.2, 0.25) is 5.02 Å². The SMILES string of the molecule is COC(C(=O)N[C@H](CCN(C)C)c1ccc(Cl)cc1)c1ccccc1. The second kappa shape index (κ2) is 9.56. The van der Waals surface area contributed by atoms with Crippen molar-refractivity contribution in [2.75, 3.05) is 27.7 Å². The minimum Gasteiger partial charge on any atom is -0.367 e. The monoisotopic (exact) mass is 360 g/mol. The van der Waals surface area contributed by atoms with E-state index in [1.54, 1.807) is 7.11 Å². The van der Waals surface area contributed by atoms with E-state index in [4.69, 9.17) is 16.3 Å².